The summed E-state index contributed by atoms with van der Waals surface area (Å²) in [7, 11) is 0. The van der Waals surface area contributed by atoms with Gasteiger partial charge in [-0.15, -0.1) is 5.10 Å². The molecule has 11 nitrogen and oxygen atoms in total. The molecule has 11 heteroatoms. The summed E-state index contributed by atoms with van der Waals surface area (Å²) >= 11 is 0. The summed E-state index contributed by atoms with van der Waals surface area (Å²) in [5.74, 6) is -0.798. The lowest BCUT2D eigenvalue weighted by atomic mass is 9.82. The third-order valence-corrected chi connectivity index (χ3v) is 8.90. The van der Waals surface area contributed by atoms with Gasteiger partial charge in [0.25, 0.3) is 5.91 Å². The SMILES string of the molecule is Cc1cc(N2CCC(C)(c3ccccc3)C2)cn2nc(C(=O)NC34COC(CN(c5cccc(C(=O)O)n5)C3)C4)nc12. The van der Waals surface area contributed by atoms with Gasteiger partial charge in [0.1, 0.15) is 5.82 Å². The Hall–Kier alpha value is -4.51. The van der Waals surface area contributed by atoms with E-state index in [-0.39, 0.29) is 28.9 Å². The fourth-order valence-corrected chi connectivity index (χ4v) is 6.71. The molecule has 6 heterocycles. The molecular formula is C31H33N7O4. The van der Waals surface area contributed by atoms with Gasteiger partial charge in [-0.05, 0) is 42.7 Å². The van der Waals surface area contributed by atoms with Crippen LogP contribution in [0.5, 0.6) is 0 Å². The number of carboxylic acid groups (broad SMARTS) is 1. The normalized spacial score (nSPS) is 25.2. The van der Waals surface area contributed by atoms with E-state index in [0.717, 1.165) is 30.8 Å². The summed E-state index contributed by atoms with van der Waals surface area (Å²) in [4.78, 5) is 38.2. The maximum Gasteiger partial charge on any atom is 0.354 e. The molecule has 0 spiro atoms. The number of aromatic carboxylic acids is 1. The molecule has 3 unspecified atom stereocenters. The van der Waals surface area contributed by atoms with E-state index in [0.29, 0.717) is 37.6 Å². The maximum absolute atomic E-state index is 13.5. The van der Waals surface area contributed by atoms with E-state index in [1.54, 1.807) is 16.6 Å². The van der Waals surface area contributed by atoms with Crippen molar-refractivity contribution >= 4 is 29.0 Å². The first kappa shape index (κ1) is 26.4. The Morgan fingerprint density at radius 2 is 1.90 bits per heavy atom. The largest absolute Gasteiger partial charge is 0.477 e. The molecular weight excluding hydrogens is 534 g/mol. The number of carboxylic acids is 1. The second-order valence-electron chi connectivity index (χ2n) is 12.1. The van der Waals surface area contributed by atoms with Gasteiger partial charge in [0.05, 0.1) is 30.1 Å². The zero-order valence-electron chi connectivity index (χ0n) is 23.7. The van der Waals surface area contributed by atoms with Gasteiger partial charge in [-0.25, -0.2) is 19.3 Å². The number of anilines is 2. The van der Waals surface area contributed by atoms with Crippen LogP contribution in [0.3, 0.4) is 0 Å². The fourth-order valence-electron chi connectivity index (χ4n) is 6.71. The molecule has 3 saturated heterocycles. The van der Waals surface area contributed by atoms with Crippen molar-refractivity contribution in [3.8, 4) is 0 Å². The Morgan fingerprint density at radius 3 is 2.71 bits per heavy atom. The van der Waals surface area contributed by atoms with E-state index < -0.39 is 11.5 Å². The van der Waals surface area contributed by atoms with E-state index in [9.17, 15) is 14.7 Å². The molecule has 0 saturated carbocycles. The van der Waals surface area contributed by atoms with Crippen molar-refractivity contribution < 1.29 is 19.4 Å². The number of aromatic nitrogens is 4. The van der Waals surface area contributed by atoms with Crippen LogP contribution < -0.4 is 15.1 Å². The average Bonchev–Trinajstić information content (AvgIpc) is 3.69. The molecule has 3 aromatic heterocycles. The van der Waals surface area contributed by atoms with Gasteiger partial charge in [0.2, 0.25) is 5.82 Å². The zero-order valence-corrected chi connectivity index (χ0v) is 23.7. The molecule has 2 N–H and O–H groups in total. The van der Waals surface area contributed by atoms with Gasteiger partial charge in [-0.2, -0.15) is 0 Å². The summed E-state index contributed by atoms with van der Waals surface area (Å²) in [6, 6.07) is 17.7. The van der Waals surface area contributed by atoms with Crippen LogP contribution in [0.4, 0.5) is 11.5 Å². The van der Waals surface area contributed by atoms with Gasteiger partial charge in [-0.1, -0.05) is 43.3 Å². The summed E-state index contributed by atoms with van der Waals surface area (Å²) < 4.78 is 7.70. The van der Waals surface area contributed by atoms with E-state index in [2.05, 4.69) is 68.6 Å². The monoisotopic (exact) mass is 567 g/mol. The minimum absolute atomic E-state index is 0.0216. The van der Waals surface area contributed by atoms with Crippen LogP contribution in [0.25, 0.3) is 5.65 Å². The molecule has 7 rings (SSSR count). The second kappa shape index (κ2) is 9.80. The number of nitrogens with zero attached hydrogens (tertiary/aromatic N) is 6. The number of pyridine rings is 2. The fraction of sp³-hybridized carbons (Fsp3) is 0.387. The second-order valence-corrected chi connectivity index (χ2v) is 12.1. The van der Waals surface area contributed by atoms with E-state index in [4.69, 9.17) is 4.74 Å². The molecule has 3 fully saturated rings. The van der Waals surface area contributed by atoms with Crippen LogP contribution in [0.15, 0.2) is 60.8 Å². The number of hydrogen-bond donors (Lipinski definition) is 2. The molecule has 216 valence electrons. The summed E-state index contributed by atoms with van der Waals surface area (Å²) in [5, 5.41) is 17.1. The van der Waals surface area contributed by atoms with Crippen molar-refractivity contribution in [2.24, 2.45) is 0 Å². The van der Waals surface area contributed by atoms with Gasteiger partial charge in [0, 0.05) is 38.0 Å². The highest BCUT2D eigenvalue weighted by atomic mass is 16.5. The van der Waals surface area contributed by atoms with Gasteiger partial charge < -0.3 is 25.0 Å². The first-order chi connectivity index (χ1) is 20.2. The molecule has 3 atom stereocenters. The van der Waals surface area contributed by atoms with Crippen LogP contribution in [-0.2, 0) is 10.2 Å². The minimum atomic E-state index is -1.08. The topological polar surface area (TPSA) is 125 Å². The van der Waals surface area contributed by atoms with Crippen molar-refractivity contribution in [2.75, 3.05) is 42.6 Å². The predicted molar refractivity (Wildman–Crippen MR) is 156 cm³/mol. The van der Waals surface area contributed by atoms with Crippen molar-refractivity contribution in [1.29, 1.82) is 0 Å². The first-order valence-electron chi connectivity index (χ1n) is 14.3. The molecule has 2 bridgehead atoms. The maximum atomic E-state index is 13.5. The van der Waals surface area contributed by atoms with Crippen molar-refractivity contribution in [3.63, 3.8) is 0 Å². The van der Waals surface area contributed by atoms with E-state index in [1.807, 2.05) is 18.0 Å². The Kier molecular flexibility index (Phi) is 6.16. The van der Waals surface area contributed by atoms with Crippen LogP contribution in [0, 0.1) is 6.92 Å². The number of ether oxygens (including phenoxy) is 1. The third kappa shape index (κ3) is 4.63. The zero-order chi connectivity index (χ0) is 29.1. The summed E-state index contributed by atoms with van der Waals surface area (Å²) in [6.07, 6.45) is 3.56. The molecule has 42 heavy (non-hydrogen) atoms. The quantitative estimate of drug-likeness (QED) is 0.362. The highest BCUT2D eigenvalue weighted by molar-refractivity contribution is 5.92. The van der Waals surface area contributed by atoms with Crippen LogP contribution in [-0.4, -0.2) is 81.0 Å². The molecule has 0 aliphatic carbocycles. The van der Waals surface area contributed by atoms with E-state index in [1.165, 1.54) is 11.6 Å². The molecule has 4 aromatic rings. The molecule has 1 amide bonds. The number of carbonyl (C=O) groups excluding carboxylic acids is 1. The number of benzene rings is 1. The lowest BCUT2D eigenvalue weighted by molar-refractivity contribution is 0.0690. The molecule has 3 aliphatic heterocycles. The van der Waals surface area contributed by atoms with Gasteiger partial charge >= 0.3 is 5.97 Å². The van der Waals surface area contributed by atoms with Crippen LogP contribution in [0.1, 0.15) is 52.0 Å². The third-order valence-electron chi connectivity index (χ3n) is 8.90. The molecule has 0 radical (unpaired) electrons. The number of fused-ring (bicyclic) bond motifs is 3. The van der Waals surface area contributed by atoms with E-state index >= 15 is 0 Å². The minimum Gasteiger partial charge on any atom is -0.477 e. The number of nitrogens with one attached hydrogen (secondary N) is 1. The summed E-state index contributed by atoms with van der Waals surface area (Å²) in [6.45, 7) is 7.50. The molecule has 1 aromatic carbocycles. The Labute approximate surface area is 243 Å². The highest BCUT2D eigenvalue weighted by Gasteiger charge is 2.48. The van der Waals surface area contributed by atoms with Crippen molar-refractivity contribution in [1.82, 2.24) is 24.9 Å². The number of piperidine rings is 1. The van der Waals surface area contributed by atoms with Crippen LogP contribution >= 0.6 is 0 Å². The highest BCUT2D eigenvalue weighted by Crippen LogP contribution is 2.37. The average molecular weight is 568 g/mol. The van der Waals surface area contributed by atoms with Crippen molar-refractivity contribution in [2.45, 2.75) is 43.7 Å². The Morgan fingerprint density at radius 1 is 1.07 bits per heavy atom. The standard InChI is InChI=1S/C31H33N7O4/c1-20-13-22(36-12-11-30(2,17-36)21-7-4-3-5-8-21)15-38-27(20)33-26(35-38)28(39)34-31-14-23(42-19-31)16-37(18-31)25-10-6-9-24(32-25)29(40)41/h3-10,13,15,23H,11-12,14,16-19H2,1-2H3,(H,34,39)(H,40,41). The summed E-state index contributed by atoms with van der Waals surface area (Å²) in [5.41, 5.74) is 3.38. The first-order valence-corrected chi connectivity index (χ1v) is 14.3. The number of amides is 1. The number of aryl methyl sites for hydroxylation is 1. The Balaban J connectivity index is 1.10. The van der Waals surface area contributed by atoms with Gasteiger partial charge in [-0.3, -0.25) is 4.79 Å². The lowest BCUT2D eigenvalue weighted by Gasteiger charge is -2.39. The smallest absolute Gasteiger partial charge is 0.354 e. The Bertz CT molecular complexity index is 1690. The number of rotatable bonds is 6. The lowest BCUT2D eigenvalue weighted by Crippen LogP contribution is -2.60. The number of carbonyl (C=O) groups is 2. The van der Waals surface area contributed by atoms with Crippen molar-refractivity contribution in [3.05, 3.63) is 83.4 Å². The predicted octanol–water partition coefficient (Wildman–Crippen LogP) is 3.08. The van der Waals surface area contributed by atoms with Gasteiger partial charge in [0.15, 0.2) is 11.3 Å². The van der Waals surface area contributed by atoms with Crippen LogP contribution in [0.2, 0.25) is 0 Å². The number of hydrogen-bond acceptors (Lipinski definition) is 8. The molecule has 3 aliphatic rings.